The van der Waals surface area contributed by atoms with Crippen molar-refractivity contribution >= 4 is 29.1 Å². The van der Waals surface area contributed by atoms with Crippen LogP contribution in [-0.4, -0.2) is 34.8 Å². The number of piperidine rings is 1. The van der Waals surface area contributed by atoms with Crippen molar-refractivity contribution in [2.45, 2.75) is 33.6 Å². The van der Waals surface area contributed by atoms with E-state index < -0.39 is 0 Å². The van der Waals surface area contributed by atoms with E-state index in [0.717, 1.165) is 37.1 Å². The first-order valence-electron chi connectivity index (χ1n) is 9.19. The number of nitrogens with zero attached hydrogens (tertiary/aromatic N) is 2. The lowest BCUT2D eigenvalue weighted by Gasteiger charge is -2.30. The highest BCUT2D eigenvalue weighted by Gasteiger charge is 2.23. The van der Waals surface area contributed by atoms with Crippen molar-refractivity contribution < 1.29 is 9.59 Å². The van der Waals surface area contributed by atoms with Crippen LogP contribution in [0.1, 0.15) is 51.9 Å². The highest BCUT2D eigenvalue weighted by molar-refractivity contribution is 6.34. The number of nitrogens with one attached hydrogen (secondary N) is 1. The van der Waals surface area contributed by atoms with Gasteiger partial charge in [0.2, 0.25) is 0 Å². The van der Waals surface area contributed by atoms with E-state index in [2.05, 4.69) is 17.2 Å². The number of anilines is 1. The predicted octanol–water partition coefficient (Wildman–Crippen LogP) is 4.48. The number of amides is 2. The van der Waals surface area contributed by atoms with E-state index in [9.17, 15) is 9.59 Å². The number of carbonyl (C=O) groups excluding carboxylic acids is 2. The fourth-order valence-corrected chi connectivity index (χ4v) is 3.84. The van der Waals surface area contributed by atoms with E-state index in [1.807, 2.05) is 24.8 Å². The second-order valence-electron chi connectivity index (χ2n) is 7.30. The number of likely N-dealkylation sites (tertiary alicyclic amines) is 1. The van der Waals surface area contributed by atoms with Crippen LogP contribution in [0.25, 0.3) is 0 Å². The first kappa shape index (κ1) is 19.4. The Hall–Kier alpha value is -2.40. The Kier molecular flexibility index (Phi) is 5.80. The van der Waals surface area contributed by atoms with E-state index in [1.54, 1.807) is 24.3 Å². The standard InChI is InChI=1S/C21H24ClN3O2/c1-13-6-5-9-25(12-13)21(27)18-8-4-7-17(23-18)20(26)24-19-15(3)10-14(2)11-16(19)22/h4,7-8,10-11,13H,5-6,9,12H2,1-3H3,(H,24,26). The molecule has 27 heavy (non-hydrogen) atoms. The van der Waals surface area contributed by atoms with E-state index in [4.69, 9.17) is 11.6 Å². The molecule has 1 saturated heterocycles. The fraction of sp³-hybridized carbons (Fsp3) is 0.381. The van der Waals surface area contributed by atoms with Gasteiger partial charge in [0, 0.05) is 13.1 Å². The lowest BCUT2D eigenvalue weighted by molar-refractivity contribution is 0.0677. The molecule has 142 valence electrons. The summed E-state index contributed by atoms with van der Waals surface area (Å²) in [4.78, 5) is 31.5. The van der Waals surface area contributed by atoms with Crippen molar-refractivity contribution in [1.82, 2.24) is 9.88 Å². The molecule has 0 spiro atoms. The van der Waals surface area contributed by atoms with Crippen molar-refractivity contribution in [3.05, 3.63) is 57.9 Å². The summed E-state index contributed by atoms with van der Waals surface area (Å²) in [6.07, 6.45) is 2.13. The molecule has 1 unspecified atom stereocenters. The number of benzene rings is 1. The van der Waals surface area contributed by atoms with Crippen molar-refractivity contribution in [3.8, 4) is 0 Å². The molecule has 2 heterocycles. The van der Waals surface area contributed by atoms with Gasteiger partial charge in [0.1, 0.15) is 11.4 Å². The zero-order valence-corrected chi connectivity index (χ0v) is 16.6. The van der Waals surface area contributed by atoms with Crippen LogP contribution >= 0.6 is 11.6 Å². The van der Waals surface area contributed by atoms with Crippen LogP contribution in [0.4, 0.5) is 5.69 Å². The van der Waals surface area contributed by atoms with Gasteiger partial charge >= 0.3 is 0 Å². The van der Waals surface area contributed by atoms with Gasteiger partial charge < -0.3 is 10.2 Å². The molecular weight excluding hydrogens is 362 g/mol. The average molecular weight is 386 g/mol. The largest absolute Gasteiger partial charge is 0.337 e. The van der Waals surface area contributed by atoms with E-state index in [-0.39, 0.29) is 17.5 Å². The Morgan fingerprint density at radius 3 is 2.67 bits per heavy atom. The SMILES string of the molecule is Cc1cc(C)c(NC(=O)c2cccc(C(=O)N3CCCC(C)C3)n2)c(Cl)c1. The van der Waals surface area contributed by atoms with Gasteiger partial charge in [-0.2, -0.15) is 0 Å². The Morgan fingerprint density at radius 2 is 1.96 bits per heavy atom. The van der Waals surface area contributed by atoms with Gasteiger partial charge in [-0.05, 0) is 61.9 Å². The Labute approximate surface area is 164 Å². The molecule has 6 heteroatoms. The first-order chi connectivity index (χ1) is 12.8. The second kappa shape index (κ2) is 8.09. The molecule has 3 rings (SSSR count). The minimum atomic E-state index is -0.384. The number of hydrogen-bond donors (Lipinski definition) is 1. The molecule has 1 fully saturated rings. The fourth-order valence-electron chi connectivity index (χ4n) is 3.47. The molecule has 1 N–H and O–H groups in total. The van der Waals surface area contributed by atoms with E-state index >= 15 is 0 Å². The number of aromatic nitrogens is 1. The normalized spacial score (nSPS) is 16.9. The zero-order valence-electron chi connectivity index (χ0n) is 15.9. The predicted molar refractivity (Wildman–Crippen MR) is 107 cm³/mol. The van der Waals surface area contributed by atoms with Crippen molar-refractivity contribution in [3.63, 3.8) is 0 Å². The van der Waals surface area contributed by atoms with Crippen LogP contribution < -0.4 is 5.32 Å². The van der Waals surface area contributed by atoms with Crippen LogP contribution in [0.2, 0.25) is 5.02 Å². The van der Waals surface area contributed by atoms with Crippen LogP contribution in [0.3, 0.4) is 0 Å². The third-order valence-corrected chi connectivity index (χ3v) is 5.11. The van der Waals surface area contributed by atoms with Gasteiger partial charge in [-0.25, -0.2) is 4.98 Å². The number of halogens is 1. The van der Waals surface area contributed by atoms with Crippen molar-refractivity contribution in [2.24, 2.45) is 5.92 Å². The maximum atomic E-state index is 12.7. The number of aryl methyl sites for hydroxylation is 2. The summed E-state index contributed by atoms with van der Waals surface area (Å²) in [5.74, 6) is -0.0212. The molecule has 1 aromatic heterocycles. The lowest BCUT2D eigenvalue weighted by atomic mass is 10.00. The lowest BCUT2D eigenvalue weighted by Crippen LogP contribution is -2.39. The summed E-state index contributed by atoms with van der Waals surface area (Å²) in [5, 5.41) is 3.30. The van der Waals surface area contributed by atoms with Crippen molar-refractivity contribution in [2.75, 3.05) is 18.4 Å². The Balaban J connectivity index is 1.79. The van der Waals surface area contributed by atoms with Crippen LogP contribution in [0.5, 0.6) is 0 Å². The first-order valence-corrected chi connectivity index (χ1v) is 9.57. The minimum Gasteiger partial charge on any atom is -0.337 e. The maximum Gasteiger partial charge on any atom is 0.274 e. The molecule has 0 aliphatic carbocycles. The van der Waals surface area contributed by atoms with Crippen molar-refractivity contribution in [1.29, 1.82) is 0 Å². The summed E-state index contributed by atoms with van der Waals surface area (Å²) in [5.41, 5.74) is 2.96. The maximum absolute atomic E-state index is 12.7. The molecule has 1 atom stereocenters. The zero-order chi connectivity index (χ0) is 19.6. The summed E-state index contributed by atoms with van der Waals surface area (Å²) in [6.45, 7) is 7.45. The number of rotatable bonds is 3. The molecule has 5 nitrogen and oxygen atoms in total. The third kappa shape index (κ3) is 4.48. The molecule has 0 saturated carbocycles. The highest BCUT2D eigenvalue weighted by Crippen LogP contribution is 2.27. The second-order valence-corrected chi connectivity index (χ2v) is 7.71. The summed E-state index contributed by atoms with van der Waals surface area (Å²) >= 11 is 6.27. The number of carbonyl (C=O) groups is 2. The monoisotopic (exact) mass is 385 g/mol. The smallest absolute Gasteiger partial charge is 0.274 e. The minimum absolute atomic E-state index is 0.124. The van der Waals surface area contributed by atoms with E-state index in [1.165, 1.54) is 0 Å². The van der Waals surface area contributed by atoms with Gasteiger partial charge in [0.15, 0.2) is 0 Å². The molecular formula is C21H24ClN3O2. The summed E-state index contributed by atoms with van der Waals surface area (Å²) in [7, 11) is 0. The average Bonchev–Trinajstić information content (AvgIpc) is 2.64. The van der Waals surface area contributed by atoms with Gasteiger partial charge in [0.05, 0.1) is 10.7 Å². The van der Waals surface area contributed by atoms with Gasteiger partial charge in [-0.15, -0.1) is 0 Å². The van der Waals surface area contributed by atoms with Crippen LogP contribution in [-0.2, 0) is 0 Å². The number of pyridine rings is 1. The molecule has 1 aliphatic heterocycles. The van der Waals surface area contributed by atoms with Crippen LogP contribution in [0, 0.1) is 19.8 Å². The topological polar surface area (TPSA) is 62.3 Å². The molecule has 0 radical (unpaired) electrons. The molecule has 2 amide bonds. The highest BCUT2D eigenvalue weighted by atomic mass is 35.5. The van der Waals surface area contributed by atoms with E-state index in [0.29, 0.717) is 22.3 Å². The molecule has 2 aromatic rings. The van der Waals surface area contributed by atoms with Gasteiger partial charge in [-0.1, -0.05) is 30.7 Å². The Morgan fingerprint density at radius 1 is 1.22 bits per heavy atom. The third-order valence-electron chi connectivity index (χ3n) is 4.82. The summed E-state index contributed by atoms with van der Waals surface area (Å²) < 4.78 is 0. The summed E-state index contributed by atoms with van der Waals surface area (Å²) in [6, 6.07) is 8.69. The van der Waals surface area contributed by atoms with Gasteiger partial charge in [-0.3, -0.25) is 9.59 Å². The molecule has 0 bridgehead atoms. The quantitative estimate of drug-likeness (QED) is 0.847. The number of hydrogen-bond acceptors (Lipinski definition) is 3. The van der Waals surface area contributed by atoms with Gasteiger partial charge in [0.25, 0.3) is 11.8 Å². The van der Waals surface area contributed by atoms with Crippen LogP contribution in [0.15, 0.2) is 30.3 Å². The molecule has 1 aliphatic rings. The Bertz CT molecular complexity index is 858. The molecule has 1 aromatic carbocycles.